The summed E-state index contributed by atoms with van der Waals surface area (Å²) in [7, 11) is 0. The van der Waals surface area contributed by atoms with Crippen molar-refractivity contribution in [3.8, 4) is 0 Å². The van der Waals surface area contributed by atoms with Crippen molar-refractivity contribution >= 4 is 11.8 Å². The molecule has 1 N–H and O–H groups in total. The number of nitrogens with one attached hydrogen (secondary N) is 1. The molecule has 2 heteroatoms. The van der Waals surface area contributed by atoms with Gasteiger partial charge in [0.2, 0.25) is 0 Å². The highest BCUT2D eigenvalue weighted by molar-refractivity contribution is 7.99. The second-order valence-electron chi connectivity index (χ2n) is 3.01. The van der Waals surface area contributed by atoms with E-state index in [9.17, 15) is 0 Å². The third-order valence-electron chi connectivity index (χ3n) is 1.76. The maximum absolute atomic E-state index is 3.40. The first-order valence-electron chi connectivity index (χ1n) is 4.55. The summed E-state index contributed by atoms with van der Waals surface area (Å²) in [5, 5.41) is 4.22. The highest BCUT2D eigenvalue weighted by atomic mass is 32.2. The summed E-state index contributed by atoms with van der Waals surface area (Å²) in [4.78, 5) is 0. The molecule has 2 unspecified atom stereocenters. The SMILES string of the molecule is CCNC(C)CSC(C)CC. The Labute approximate surface area is 75.3 Å². The molecule has 0 spiro atoms. The fourth-order valence-electron chi connectivity index (χ4n) is 0.834. The van der Waals surface area contributed by atoms with Crippen LogP contribution in [0.2, 0.25) is 0 Å². The van der Waals surface area contributed by atoms with Gasteiger partial charge < -0.3 is 5.32 Å². The Morgan fingerprint density at radius 2 is 1.91 bits per heavy atom. The van der Waals surface area contributed by atoms with Crippen molar-refractivity contribution in [2.75, 3.05) is 12.3 Å². The fraction of sp³-hybridized carbons (Fsp3) is 1.00. The first-order chi connectivity index (χ1) is 5.20. The monoisotopic (exact) mass is 175 g/mol. The van der Waals surface area contributed by atoms with Gasteiger partial charge in [0.25, 0.3) is 0 Å². The van der Waals surface area contributed by atoms with E-state index < -0.39 is 0 Å². The Kier molecular flexibility index (Phi) is 7.18. The highest BCUT2D eigenvalue weighted by Crippen LogP contribution is 2.13. The first kappa shape index (κ1) is 11.3. The third-order valence-corrected chi connectivity index (χ3v) is 3.35. The maximum atomic E-state index is 3.40. The van der Waals surface area contributed by atoms with Crippen molar-refractivity contribution in [1.29, 1.82) is 0 Å². The lowest BCUT2D eigenvalue weighted by atomic mass is 10.4. The first-order valence-corrected chi connectivity index (χ1v) is 5.60. The lowest BCUT2D eigenvalue weighted by Crippen LogP contribution is -2.28. The predicted octanol–water partition coefficient (Wildman–Crippen LogP) is 2.52. The number of hydrogen-bond donors (Lipinski definition) is 1. The van der Waals surface area contributed by atoms with Gasteiger partial charge in [-0.25, -0.2) is 0 Å². The van der Waals surface area contributed by atoms with E-state index in [1.165, 1.54) is 12.2 Å². The summed E-state index contributed by atoms with van der Waals surface area (Å²) in [6.07, 6.45) is 1.28. The van der Waals surface area contributed by atoms with Crippen LogP contribution in [-0.2, 0) is 0 Å². The van der Waals surface area contributed by atoms with Crippen LogP contribution < -0.4 is 5.32 Å². The summed E-state index contributed by atoms with van der Waals surface area (Å²) < 4.78 is 0. The minimum atomic E-state index is 0.666. The molecule has 0 heterocycles. The molecule has 0 fully saturated rings. The van der Waals surface area contributed by atoms with Crippen LogP contribution in [0.5, 0.6) is 0 Å². The van der Waals surface area contributed by atoms with Crippen LogP contribution in [0.3, 0.4) is 0 Å². The van der Waals surface area contributed by atoms with E-state index in [1.54, 1.807) is 0 Å². The summed E-state index contributed by atoms with van der Waals surface area (Å²) in [5.74, 6) is 1.24. The van der Waals surface area contributed by atoms with Crippen LogP contribution in [0.4, 0.5) is 0 Å². The van der Waals surface area contributed by atoms with Crippen LogP contribution >= 0.6 is 11.8 Å². The Morgan fingerprint density at radius 3 is 2.36 bits per heavy atom. The minimum Gasteiger partial charge on any atom is -0.314 e. The van der Waals surface area contributed by atoms with Gasteiger partial charge in [-0.2, -0.15) is 11.8 Å². The van der Waals surface area contributed by atoms with Crippen LogP contribution in [-0.4, -0.2) is 23.6 Å². The molecule has 0 saturated carbocycles. The van der Waals surface area contributed by atoms with Crippen molar-refractivity contribution in [1.82, 2.24) is 5.32 Å². The molecule has 0 saturated heterocycles. The van der Waals surface area contributed by atoms with E-state index >= 15 is 0 Å². The number of rotatable bonds is 6. The van der Waals surface area contributed by atoms with Gasteiger partial charge in [-0.1, -0.05) is 20.8 Å². The fourth-order valence-corrected chi connectivity index (χ4v) is 1.80. The van der Waals surface area contributed by atoms with Gasteiger partial charge in [0.1, 0.15) is 0 Å². The molecule has 2 atom stereocenters. The lowest BCUT2D eigenvalue weighted by Gasteiger charge is -2.14. The average molecular weight is 175 g/mol. The summed E-state index contributed by atoms with van der Waals surface area (Å²) in [6.45, 7) is 10.0. The normalized spacial score (nSPS) is 16.4. The van der Waals surface area contributed by atoms with Gasteiger partial charge in [-0.3, -0.25) is 0 Å². The molecule has 68 valence electrons. The van der Waals surface area contributed by atoms with E-state index in [2.05, 4.69) is 44.8 Å². The molecule has 0 aliphatic heterocycles. The smallest absolute Gasteiger partial charge is 0.0129 e. The van der Waals surface area contributed by atoms with Crippen molar-refractivity contribution in [3.05, 3.63) is 0 Å². The van der Waals surface area contributed by atoms with Gasteiger partial charge >= 0.3 is 0 Å². The Balaban J connectivity index is 3.22. The number of thioether (sulfide) groups is 1. The Morgan fingerprint density at radius 1 is 1.27 bits per heavy atom. The molecule has 0 rings (SSSR count). The van der Waals surface area contributed by atoms with Crippen LogP contribution in [0.25, 0.3) is 0 Å². The third kappa shape index (κ3) is 6.70. The van der Waals surface area contributed by atoms with Gasteiger partial charge in [-0.05, 0) is 19.9 Å². The second-order valence-corrected chi connectivity index (χ2v) is 4.48. The zero-order chi connectivity index (χ0) is 8.69. The molecule has 0 aromatic heterocycles. The van der Waals surface area contributed by atoms with Crippen molar-refractivity contribution < 1.29 is 0 Å². The van der Waals surface area contributed by atoms with Crippen LogP contribution in [0.1, 0.15) is 34.1 Å². The van der Waals surface area contributed by atoms with Gasteiger partial charge in [0, 0.05) is 17.0 Å². The number of hydrogen-bond acceptors (Lipinski definition) is 2. The second kappa shape index (κ2) is 6.99. The largest absolute Gasteiger partial charge is 0.314 e. The molecule has 0 aliphatic rings. The van der Waals surface area contributed by atoms with E-state index in [4.69, 9.17) is 0 Å². The van der Waals surface area contributed by atoms with Crippen LogP contribution in [0, 0.1) is 0 Å². The van der Waals surface area contributed by atoms with Gasteiger partial charge in [0.15, 0.2) is 0 Å². The molecule has 0 bridgehead atoms. The van der Waals surface area contributed by atoms with Gasteiger partial charge in [0.05, 0.1) is 0 Å². The summed E-state index contributed by atoms with van der Waals surface area (Å²) in [5.41, 5.74) is 0. The standard InChI is InChI=1S/C9H21NS/c1-5-9(4)11-7-8(3)10-6-2/h8-10H,5-7H2,1-4H3. The molecule has 1 nitrogen and oxygen atoms in total. The topological polar surface area (TPSA) is 12.0 Å². The molecule has 0 aromatic carbocycles. The van der Waals surface area contributed by atoms with Crippen molar-refractivity contribution in [2.45, 2.75) is 45.4 Å². The van der Waals surface area contributed by atoms with E-state index in [0.29, 0.717) is 6.04 Å². The zero-order valence-electron chi connectivity index (χ0n) is 8.18. The van der Waals surface area contributed by atoms with Crippen LogP contribution in [0.15, 0.2) is 0 Å². The van der Waals surface area contributed by atoms with Crippen molar-refractivity contribution in [2.24, 2.45) is 0 Å². The molecule has 0 aromatic rings. The molecule has 0 aliphatic carbocycles. The molecular weight excluding hydrogens is 154 g/mol. The Hall–Kier alpha value is 0.310. The minimum absolute atomic E-state index is 0.666. The summed E-state index contributed by atoms with van der Waals surface area (Å²) >= 11 is 2.06. The predicted molar refractivity (Wildman–Crippen MR) is 55.3 cm³/mol. The average Bonchev–Trinajstić information content (AvgIpc) is 2.01. The molecule has 0 amide bonds. The summed E-state index contributed by atoms with van der Waals surface area (Å²) in [6, 6.07) is 0.666. The highest BCUT2D eigenvalue weighted by Gasteiger charge is 2.03. The van der Waals surface area contributed by atoms with E-state index in [-0.39, 0.29) is 0 Å². The lowest BCUT2D eigenvalue weighted by molar-refractivity contribution is 0.619. The molecule has 11 heavy (non-hydrogen) atoms. The van der Waals surface area contributed by atoms with E-state index in [0.717, 1.165) is 11.8 Å². The molecular formula is C9H21NS. The Bertz CT molecular complexity index is 85.6. The molecule has 0 radical (unpaired) electrons. The van der Waals surface area contributed by atoms with E-state index in [1.807, 2.05) is 0 Å². The van der Waals surface area contributed by atoms with Crippen molar-refractivity contribution in [3.63, 3.8) is 0 Å². The zero-order valence-corrected chi connectivity index (χ0v) is 9.00. The maximum Gasteiger partial charge on any atom is 0.0129 e. The quantitative estimate of drug-likeness (QED) is 0.666. The van der Waals surface area contributed by atoms with Gasteiger partial charge in [-0.15, -0.1) is 0 Å².